The van der Waals surface area contributed by atoms with E-state index in [1.54, 1.807) is 0 Å². The largest absolute Gasteiger partial charge is 0.329 e. The summed E-state index contributed by atoms with van der Waals surface area (Å²) in [5.74, 6) is 0.245. The van der Waals surface area contributed by atoms with Crippen molar-refractivity contribution in [2.45, 2.75) is 26.2 Å². The fourth-order valence-corrected chi connectivity index (χ4v) is 2.24. The molecule has 1 aliphatic rings. The Morgan fingerprint density at radius 2 is 2.07 bits per heavy atom. The van der Waals surface area contributed by atoms with E-state index in [2.05, 4.69) is 0 Å². The average Bonchev–Trinajstić information content (AvgIpc) is 2.17. The molecule has 0 heterocycles. The van der Waals surface area contributed by atoms with Crippen LogP contribution in [0.15, 0.2) is 24.3 Å². The van der Waals surface area contributed by atoms with Gasteiger partial charge in [-0.3, -0.25) is 4.79 Å². The van der Waals surface area contributed by atoms with Crippen LogP contribution in [0.4, 0.5) is 0 Å². The van der Waals surface area contributed by atoms with Crippen molar-refractivity contribution in [2.75, 3.05) is 6.54 Å². The fraction of sp³-hybridized carbons (Fsp3) is 0.462. The minimum Gasteiger partial charge on any atom is -0.329 e. The average molecular weight is 203 g/mol. The Morgan fingerprint density at radius 3 is 2.53 bits per heavy atom. The van der Waals surface area contributed by atoms with E-state index >= 15 is 0 Å². The number of benzene rings is 1. The Labute approximate surface area is 90.5 Å². The second kappa shape index (κ2) is 3.78. The summed E-state index contributed by atoms with van der Waals surface area (Å²) in [6.07, 6.45) is 3.04. The fourth-order valence-electron chi connectivity index (χ4n) is 2.24. The SMILES string of the molecule is Cc1ccccc1C(=O)C1(CN)CCC1. The van der Waals surface area contributed by atoms with E-state index in [1.165, 1.54) is 0 Å². The molecule has 0 amide bonds. The molecule has 2 rings (SSSR count). The molecule has 1 aromatic carbocycles. The van der Waals surface area contributed by atoms with Crippen molar-refractivity contribution in [3.05, 3.63) is 35.4 Å². The first-order valence-electron chi connectivity index (χ1n) is 5.50. The van der Waals surface area contributed by atoms with E-state index in [1.807, 2.05) is 31.2 Å². The standard InChI is InChI=1S/C13H17NO/c1-10-5-2-3-6-11(10)12(15)13(9-14)7-4-8-13/h2-3,5-6H,4,7-9,14H2,1H3. The van der Waals surface area contributed by atoms with Gasteiger partial charge in [-0.25, -0.2) is 0 Å². The third-order valence-corrected chi connectivity index (χ3v) is 3.57. The lowest BCUT2D eigenvalue weighted by Gasteiger charge is -2.39. The van der Waals surface area contributed by atoms with Crippen molar-refractivity contribution in [1.82, 2.24) is 0 Å². The lowest BCUT2D eigenvalue weighted by Crippen LogP contribution is -2.44. The first-order valence-corrected chi connectivity index (χ1v) is 5.50. The van der Waals surface area contributed by atoms with Crippen LogP contribution in [0.3, 0.4) is 0 Å². The number of Topliss-reactive ketones (excluding diaryl/α,β-unsaturated/α-hetero) is 1. The van der Waals surface area contributed by atoms with Crippen LogP contribution in [-0.4, -0.2) is 12.3 Å². The maximum absolute atomic E-state index is 12.3. The first-order chi connectivity index (χ1) is 7.19. The quantitative estimate of drug-likeness (QED) is 0.766. The van der Waals surface area contributed by atoms with E-state index in [9.17, 15) is 4.79 Å². The third-order valence-electron chi connectivity index (χ3n) is 3.57. The van der Waals surface area contributed by atoms with Crippen LogP contribution < -0.4 is 5.73 Å². The number of carbonyl (C=O) groups excluding carboxylic acids is 1. The first kappa shape index (κ1) is 10.4. The summed E-state index contributed by atoms with van der Waals surface area (Å²) in [6.45, 7) is 2.47. The number of hydrogen-bond donors (Lipinski definition) is 1. The van der Waals surface area contributed by atoms with E-state index in [0.29, 0.717) is 6.54 Å². The number of nitrogens with two attached hydrogens (primary N) is 1. The number of hydrogen-bond acceptors (Lipinski definition) is 2. The van der Waals surface area contributed by atoms with E-state index < -0.39 is 0 Å². The lowest BCUT2D eigenvalue weighted by atomic mass is 9.64. The molecule has 1 aliphatic carbocycles. The number of carbonyl (C=O) groups is 1. The van der Waals surface area contributed by atoms with Crippen LogP contribution in [0.25, 0.3) is 0 Å². The highest BCUT2D eigenvalue weighted by atomic mass is 16.1. The number of rotatable bonds is 3. The highest BCUT2D eigenvalue weighted by Gasteiger charge is 2.43. The van der Waals surface area contributed by atoms with Gasteiger partial charge >= 0.3 is 0 Å². The van der Waals surface area contributed by atoms with Crippen LogP contribution in [-0.2, 0) is 0 Å². The van der Waals surface area contributed by atoms with E-state index in [4.69, 9.17) is 5.73 Å². The topological polar surface area (TPSA) is 43.1 Å². The van der Waals surface area contributed by atoms with Crippen molar-refractivity contribution in [3.63, 3.8) is 0 Å². The molecule has 0 atom stereocenters. The van der Waals surface area contributed by atoms with Gasteiger partial charge in [0.15, 0.2) is 5.78 Å². The molecule has 2 nitrogen and oxygen atoms in total. The molecule has 0 aromatic heterocycles. The van der Waals surface area contributed by atoms with Crippen molar-refractivity contribution in [2.24, 2.45) is 11.1 Å². The second-order valence-corrected chi connectivity index (χ2v) is 4.48. The summed E-state index contributed by atoms with van der Waals surface area (Å²) in [7, 11) is 0. The summed E-state index contributed by atoms with van der Waals surface area (Å²) >= 11 is 0. The predicted octanol–water partition coefficient (Wildman–Crippen LogP) is 2.31. The van der Waals surface area contributed by atoms with Gasteiger partial charge in [-0.05, 0) is 25.3 Å². The molecule has 1 aromatic rings. The van der Waals surface area contributed by atoms with Crippen molar-refractivity contribution in [3.8, 4) is 0 Å². The van der Waals surface area contributed by atoms with Gasteiger partial charge in [0, 0.05) is 17.5 Å². The zero-order valence-electron chi connectivity index (χ0n) is 9.12. The van der Waals surface area contributed by atoms with Gasteiger partial charge in [0.05, 0.1) is 0 Å². The predicted molar refractivity (Wildman–Crippen MR) is 60.8 cm³/mol. The maximum atomic E-state index is 12.3. The van der Waals surface area contributed by atoms with Gasteiger partial charge in [-0.15, -0.1) is 0 Å². The Balaban J connectivity index is 2.32. The molecular weight excluding hydrogens is 186 g/mol. The third kappa shape index (κ3) is 1.59. The summed E-state index contributed by atoms with van der Waals surface area (Å²) in [6, 6.07) is 7.77. The molecule has 1 fully saturated rings. The van der Waals surface area contributed by atoms with Crippen LogP contribution in [0.1, 0.15) is 35.2 Å². The van der Waals surface area contributed by atoms with Crippen LogP contribution in [0.5, 0.6) is 0 Å². The molecule has 1 saturated carbocycles. The van der Waals surface area contributed by atoms with Crippen molar-refractivity contribution >= 4 is 5.78 Å². The molecule has 0 radical (unpaired) electrons. The van der Waals surface area contributed by atoms with Gasteiger partial charge < -0.3 is 5.73 Å². The summed E-state index contributed by atoms with van der Waals surface area (Å²) in [5, 5.41) is 0. The molecular formula is C13H17NO. The minimum absolute atomic E-state index is 0.244. The summed E-state index contributed by atoms with van der Waals surface area (Å²) < 4.78 is 0. The molecule has 0 aliphatic heterocycles. The van der Waals surface area contributed by atoms with Gasteiger partial charge in [-0.2, -0.15) is 0 Å². The highest BCUT2D eigenvalue weighted by molar-refractivity contribution is 6.02. The van der Waals surface area contributed by atoms with Gasteiger partial charge in [0.1, 0.15) is 0 Å². The summed E-state index contributed by atoms with van der Waals surface area (Å²) in [4.78, 5) is 12.3. The molecule has 0 saturated heterocycles. The van der Waals surface area contributed by atoms with Crippen molar-refractivity contribution < 1.29 is 4.79 Å². The highest BCUT2D eigenvalue weighted by Crippen LogP contribution is 2.42. The van der Waals surface area contributed by atoms with Crippen molar-refractivity contribution in [1.29, 1.82) is 0 Å². The van der Waals surface area contributed by atoms with Crippen LogP contribution in [0, 0.1) is 12.3 Å². The summed E-state index contributed by atoms with van der Waals surface area (Å²) in [5.41, 5.74) is 7.40. The molecule has 2 heteroatoms. The maximum Gasteiger partial charge on any atom is 0.170 e. The normalized spacial score (nSPS) is 18.3. The molecule has 0 bridgehead atoms. The van der Waals surface area contributed by atoms with E-state index in [-0.39, 0.29) is 11.2 Å². The Kier molecular flexibility index (Phi) is 2.61. The Morgan fingerprint density at radius 1 is 1.40 bits per heavy atom. The molecule has 2 N–H and O–H groups in total. The molecule has 80 valence electrons. The van der Waals surface area contributed by atoms with Crippen LogP contribution in [0.2, 0.25) is 0 Å². The number of aryl methyl sites for hydroxylation is 1. The molecule has 15 heavy (non-hydrogen) atoms. The zero-order valence-corrected chi connectivity index (χ0v) is 9.12. The van der Waals surface area contributed by atoms with Gasteiger partial charge in [0.25, 0.3) is 0 Å². The monoisotopic (exact) mass is 203 g/mol. The smallest absolute Gasteiger partial charge is 0.170 e. The molecule has 0 spiro atoms. The Hall–Kier alpha value is -1.15. The number of ketones is 1. The van der Waals surface area contributed by atoms with Crippen LogP contribution >= 0.6 is 0 Å². The Bertz CT molecular complexity index is 374. The zero-order chi connectivity index (χ0) is 10.9. The lowest BCUT2D eigenvalue weighted by molar-refractivity contribution is 0.0635. The van der Waals surface area contributed by atoms with Gasteiger partial charge in [0.2, 0.25) is 0 Å². The minimum atomic E-state index is -0.244. The van der Waals surface area contributed by atoms with E-state index in [0.717, 1.165) is 30.4 Å². The van der Waals surface area contributed by atoms with Gasteiger partial charge in [-0.1, -0.05) is 30.7 Å². The molecule has 0 unspecified atom stereocenters. The second-order valence-electron chi connectivity index (χ2n) is 4.48.